The van der Waals surface area contributed by atoms with E-state index in [1.165, 1.54) is 11.8 Å². The van der Waals surface area contributed by atoms with Gasteiger partial charge in [-0.05, 0) is 18.4 Å². The van der Waals surface area contributed by atoms with E-state index in [4.69, 9.17) is 0 Å². The van der Waals surface area contributed by atoms with Crippen LogP contribution in [0.3, 0.4) is 0 Å². The van der Waals surface area contributed by atoms with Gasteiger partial charge in [0.2, 0.25) is 5.91 Å². The fraction of sp³-hybridized carbons (Fsp3) is 0.583. The molecule has 0 aliphatic heterocycles. The van der Waals surface area contributed by atoms with Gasteiger partial charge < -0.3 is 10.1 Å². The van der Waals surface area contributed by atoms with Crippen molar-refractivity contribution in [1.29, 1.82) is 0 Å². The third-order valence-corrected chi connectivity index (χ3v) is 2.39. The second kappa shape index (κ2) is 6.78. The number of esters is 1. The standard InChI is InChI=1S/C12H19N3O3/c1-9(2)7-10(12(17)18-3)14-11(16)8-15-6-4-5-13-15/h4-6,9-10H,7-8H2,1-3H3,(H,14,16). The highest BCUT2D eigenvalue weighted by Gasteiger charge is 2.22. The lowest BCUT2D eigenvalue weighted by molar-refractivity contribution is -0.145. The molecule has 1 heterocycles. The number of nitrogens with zero attached hydrogens (tertiary/aromatic N) is 2. The predicted molar refractivity (Wildman–Crippen MR) is 65.6 cm³/mol. The Labute approximate surface area is 106 Å². The van der Waals surface area contributed by atoms with E-state index >= 15 is 0 Å². The van der Waals surface area contributed by atoms with E-state index < -0.39 is 12.0 Å². The van der Waals surface area contributed by atoms with E-state index in [1.807, 2.05) is 13.8 Å². The van der Waals surface area contributed by atoms with E-state index in [-0.39, 0.29) is 12.5 Å². The highest BCUT2D eigenvalue weighted by Crippen LogP contribution is 2.06. The maximum atomic E-state index is 11.7. The summed E-state index contributed by atoms with van der Waals surface area (Å²) in [5.74, 6) is -0.383. The lowest BCUT2D eigenvalue weighted by Gasteiger charge is -2.18. The summed E-state index contributed by atoms with van der Waals surface area (Å²) in [6.45, 7) is 4.06. The number of hydrogen-bond acceptors (Lipinski definition) is 4. The summed E-state index contributed by atoms with van der Waals surface area (Å²) in [6, 6.07) is 1.14. The third kappa shape index (κ3) is 4.57. The van der Waals surface area contributed by atoms with E-state index in [0.29, 0.717) is 12.3 Å². The van der Waals surface area contributed by atoms with Crippen LogP contribution >= 0.6 is 0 Å². The zero-order chi connectivity index (χ0) is 13.5. The largest absolute Gasteiger partial charge is 0.467 e. The first kappa shape index (κ1) is 14.2. The minimum absolute atomic E-state index is 0.0958. The van der Waals surface area contributed by atoms with Gasteiger partial charge in [-0.3, -0.25) is 9.48 Å². The molecule has 1 unspecified atom stereocenters. The lowest BCUT2D eigenvalue weighted by Crippen LogP contribution is -2.43. The minimum atomic E-state index is -0.599. The molecular formula is C12H19N3O3. The molecule has 0 aliphatic carbocycles. The molecule has 1 rings (SSSR count). The van der Waals surface area contributed by atoms with Gasteiger partial charge in [0.1, 0.15) is 12.6 Å². The summed E-state index contributed by atoms with van der Waals surface area (Å²) < 4.78 is 6.17. The molecule has 1 atom stereocenters. The Bertz CT molecular complexity index is 387. The van der Waals surface area contributed by atoms with Gasteiger partial charge in [0.25, 0.3) is 0 Å². The van der Waals surface area contributed by atoms with Crippen molar-refractivity contribution in [3.8, 4) is 0 Å². The van der Waals surface area contributed by atoms with Crippen molar-refractivity contribution in [3.63, 3.8) is 0 Å². The van der Waals surface area contributed by atoms with E-state index in [1.54, 1.807) is 18.5 Å². The summed E-state index contributed by atoms with van der Waals surface area (Å²) in [5.41, 5.74) is 0. The molecule has 6 nitrogen and oxygen atoms in total. The van der Waals surface area contributed by atoms with Gasteiger partial charge in [-0.15, -0.1) is 0 Å². The molecule has 1 aromatic rings. The van der Waals surface area contributed by atoms with Crippen molar-refractivity contribution in [2.45, 2.75) is 32.9 Å². The highest BCUT2D eigenvalue weighted by atomic mass is 16.5. The molecule has 0 aromatic carbocycles. The van der Waals surface area contributed by atoms with Gasteiger partial charge in [0, 0.05) is 12.4 Å². The van der Waals surface area contributed by atoms with Gasteiger partial charge in [-0.1, -0.05) is 13.8 Å². The number of aromatic nitrogens is 2. The maximum Gasteiger partial charge on any atom is 0.328 e. The number of nitrogens with one attached hydrogen (secondary N) is 1. The normalized spacial score (nSPS) is 12.2. The average molecular weight is 253 g/mol. The summed E-state index contributed by atoms with van der Waals surface area (Å²) in [7, 11) is 1.31. The van der Waals surface area contributed by atoms with Gasteiger partial charge in [-0.25, -0.2) is 4.79 Å². The molecule has 0 aliphatic rings. The van der Waals surface area contributed by atoms with Crippen LogP contribution in [0.2, 0.25) is 0 Å². The van der Waals surface area contributed by atoms with Crippen LogP contribution in [-0.4, -0.2) is 34.8 Å². The van der Waals surface area contributed by atoms with Crippen molar-refractivity contribution in [3.05, 3.63) is 18.5 Å². The Balaban J connectivity index is 2.54. The molecule has 0 saturated heterocycles. The summed E-state index contributed by atoms with van der Waals surface area (Å²) in [4.78, 5) is 23.3. The second-order valence-electron chi connectivity index (χ2n) is 4.48. The van der Waals surface area contributed by atoms with Crippen LogP contribution in [0.25, 0.3) is 0 Å². The fourth-order valence-electron chi connectivity index (χ4n) is 1.61. The Morgan fingerprint density at radius 2 is 2.17 bits per heavy atom. The van der Waals surface area contributed by atoms with Gasteiger partial charge in [0.15, 0.2) is 0 Å². The number of rotatable bonds is 6. The van der Waals surface area contributed by atoms with Crippen molar-refractivity contribution in [2.24, 2.45) is 5.92 Å². The molecule has 0 fully saturated rings. The van der Waals surface area contributed by atoms with E-state index in [2.05, 4.69) is 15.2 Å². The van der Waals surface area contributed by atoms with Gasteiger partial charge >= 0.3 is 5.97 Å². The maximum absolute atomic E-state index is 11.7. The Hall–Kier alpha value is -1.85. The zero-order valence-corrected chi connectivity index (χ0v) is 10.9. The van der Waals surface area contributed by atoms with Crippen molar-refractivity contribution >= 4 is 11.9 Å². The van der Waals surface area contributed by atoms with Crippen LogP contribution in [0, 0.1) is 5.92 Å². The fourth-order valence-corrected chi connectivity index (χ4v) is 1.61. The predicted octanol–water partition coefficient (Wildman–Crippen LogP) is 0.587. The number of hydrogen-bond donors (Lipinski definition) is 1. The topological polar surface area (TPSA) is 73.2 Å². The lowest BCUT2D eigenvalue weighted by atomic mass is 10.0. The Kier molecular flexibility index (Phi) is 5.35. The highest BCUT2D eigenvalue weighted by molar-refractivity contribution is 5.84. The molecule has 18 heavy (non-hydrogen) atoms. The molecule has 0 bridgehead atoms. The van der Waals surface area contributed by atoms with Crippen molar-refractivity contribution in [2.75, 3.05) is 7.11 Å². The molecule has 0 spiro atoms. The molecule has 0 saturated carbocycles. The van der Waals surface area contributed by atoms with Crippen LogP contribution in [-0.2, 0) is 20.9 Å². The molecule has 100 valence electrons. The number of ether oxygens (including phenoxy) is 1. The summed E-state index contributed by atoms with van der Waals surface area (Å²) in [5, 5.41) is 6.59. The van der Waals surface area contributed by atoms with Gasteiger partial charge in [0.05, 0.1) is 7.11 Å². The van der Waals surface area contributed by atoms with Crippen LogP contribution in [0.15, 0.2) is 18.5 Å². The van der Waals surface area contributed by atoms with Crippen LogP contribution < -0.4 is 5.32 Å². The van der Waals surface area contributed by atoms with Crippen molar-refractivity contribution < 1.29 is 14.3 Å². The first-order valence-electron chi connectivity index (χ1n) is 5.87. The number of amides is 1. The smallest absolute Gasteiger partial charge is 0.328 e. The quantitative estimate of drug-likeness (QED) is 0.753. The zero-order valence-electron chi connectivity index (χ0n) is 10.9. The van der Waals surface area contributed by atoms with E-state index in [9.17, 15) is 9.59 Å². The molecule has 1 N–H and O–H groups in total. The van der Waals surface area contributed by atoms with Crippen LogP contribution in [0.1, 0.15) is 20.3 Å². The Morgan fingerprint density at radius 3 is 2.67 bits per heavy atom. The Morgan fingerprint density at radius 1 is 1.44 bits per heavy atom. The first-order chi connectivity index (χ1) is 8.52. The van der Waals surface area contributed by atoms with Crippen LogP contribution in [0.4, 0.5) is 0 Å². The molecule has 1 aromatic heterocycles. The monoisotopic (exact) mass is 253 g/mol. The minimum Gasteiger partial charge on any atom is -0.467 e. The molecule has 1 amide bonds. The number of methoxy groups -OCH3 is 1. The molecule has 6 heteroatoms. The SMILES string of the molecule is COC(=O)C(CC(C)C)NC(=O)Cn1cccn1. The first-order valence-corrected chi connectivity index (χ1v) is 5.87. The van der Waals surface area contributed by atoms with Crippen molar-refractivity contribution in [1.82, 2.24) is 15.1 Å². The number of carbonyl (C=O) groups is 2. The average Bonchev–Trinajstić information content (AvgIpc) is 2.79. The second-order valence-corrected chi connectivity index (χ2v) is 4.48. The summed E-state index contributed by atoms with van der Waals surface area (Å²) in [6.07, 6.45) is 3.84. The van der Waals surface area contributed by atoms with E-state index in [0.717, 1.165) is 0 Å². The molecular weight excluding hydrogens is 234 g/mol. The van der Waals surface area contributed by atoms with Gasteiger partial charge in [-0.2, -0.15) is 5.10 Å². The summed E-state index contributed by atoms with van der Waals surface area (Å²) >= 11 is 0. The molecule has 0 radical (unpaired) electrons. The van der Waals surface area contributed by atoms with Crippen LogP contribution in [0.5, 0.6) is 0 Å². The number of carbonyl (C=O) groups excluding carboxylic acids is 2. The third-order valence-electron chi connectivity index (χ3n) is 2.39.